The number of thioether (sulfide) groups is 1. The molecule has 2 N–H and O–H groups in total. The lowest BCUT2D eigenvalue weighted by molar-refractivity contribution is -0.155. The maximum Gasteiger partial charge on any atom is 0.349 e. The summed E-state index contributed by atoms with van der Waals surface area (Å²) in [6, 6.07) is 7.60. The van der Waals surface area contributed by atoms with Crippen LogP contribution in [-0.2, 0) is 19.2 Å². The van der Waals surface area contributed by atoms with Crippen LogP contribution in [0, 0.1) is 0 Å². The Morgan fingerprint density at radius 2 is 2.11 bits per heavy atom. The van der Waals surface area contributed by atoms with E-state index >= 15 is 0 Å². The van der Waals surface area contributed by atoms with E-state index in [0.717, 1.165) is 22.0 Å². The Morgan fingerprint density at radius 1 is 1.32 bits per heavy atom. The van der Waals surface area contributed by atoms with Gasteiger partial charge in [-0.2, -0.15) is 0 Å². The van der Waals surface area contributed by atoms with Gasteiger partial charge < -0.3 is 15.3 Å². The second-order valence-corrected chi connectivity index (χ2v) is 8.49. The molecule has 0 bridgehead atoms. The molecule has 1 unspecified atom stereocenters. The molecule has 146 valence electrons. The van der Waals surface area contributed by atoms with Gasteiger partial charge in [-0.3, -0.25) is 4.79 Å². The molecule has 2 heterocycles. The van der Waals surface area contributed by atoms with E-state index in [0.29, 0.717) is 9.47 Å². The fraction of sp³-hybridized carbons (Fsp3) is 0.235. The van der Waals surface area contributed by atoms with E-state index in [1.54, 1.807) is 12.3 Å². The summed E-state index contributed by atoms with van der Waals surface area (Å²) in [7, 11) is 0. The van der Waals surface area contributed by atoms with Gasteiger partial charge in [-0.25, -0.2) is 14.8 Å². The maximum atomic E-state index is 12.8. The molecule has 0 amide bonds. The van der Waals surface area contributed by atoms with Gasteiger partial charge in [-0.15, -0.1) is 22.7 Å². The van der Waals surface area contributed by atoms with Crippen LogP contribution in [0.25, 0.3) is 10.2 Å². The van der Waals surface area contributed by atoms with Crippen molar-refractivity contribution in [1.82, 2.24) is 9.97 Å². The van der Waals surface area contributed by atoms with Crippen molar-refractivity contribution >= 4 is 66.6 Å². The lowest BCUT2D eigenvalue weighted by atomic mass is 10.3. The minimum atomic E-state index is -0.966. The van der Waals surface area contributed by atoms with Gasteiger partial charge in [0, 0.05) is 5.38 Å². The van der Waals surface area contributed by atoms with Crippen LogP contribution in [0.2, 0.25) is 0 Å². The first-order valence-electron chi connectivity index (χ1n) is 8.17. The zero-order chi connectivity index (χ0) is 20.1. The van der Waals surface area contributed by atoms with Crippen molar-refractivity contribution in [2.45, 2.75) is 24.3 Å². The monoisotopic (exact) mass is 436 g/mol. The average Bonchev–Trinajstić information content (AvgIpc) is 3.27. The van der Waals surface area contributed by atoms with E-state index in [9.17, 15) is 9.59 Å². The Bertz CT molecular complexity index is 997. The second-order valence-electron chi connectivity index (χ2n) is 5.35. The fourth-order valence-corrected chi connectivity index (χ4v) is 4.49. The standard InChI is InChI=1S/C17H16N4O4S3/c1-3-24-14(22)9(2)25-21-13(11-8-26-16(18)19-11)15(23)28-17-20-10-6-4-5-7-12(10)27-17/h4-9H,3H2,1-2H3,(H2,18,19)/b21-13-. The molecule has 1 aromatic carbocycles. The largest absolute Gasteiger partial charge is 0.463 e. The molecule has 11 heteroatoms. The van der Waals surface area contributed by atoms with E-state index in [4.69, 9.17) is 15.3 Å². The fourth-order valence-electron chi connectivity index (χ4n) is 2.04. The second kappa shape index (κ2) is 9.13. The quantitative estimate of drug-likeness (QED) is 0.259. The number of carbonyl (C=O) groups excluding carboxylic acids is 2. The zero-order valence-electron chi connectivity index (χ0n) is 14.9. The van der Waals surface area contributed by atoms with Gasteiger partial charge in [0.05, 0.1) is 16.8 Å². The summed E-state index contributed by atoms with van der Waals surface area (Å²) in [5, 5.41) is 5.35. The van der Waals surface area contributed by atoms with Crippen molar-refractivity contribution in [3.63, 3.8) is 0 Å². The topological polar surface area (TPSA) is 117 Å². The number of nitrogen functional groups attached to an aromatic ring is 1. The molecule has 3 aromatic rings. The van der Waals surface area contributed by atoms with Crippen LogP contribution >= 0.6 is 34.4 Å². The molecule has 28 heavy (non-hydrogen) atoms. The minimum Gasteiger partial charge on any atom is -0.463 e. The third-order valence-electron chi connectivity index (χ3n) is 3.33. The van der Waals surface area contributed by atoms with Crippen LogP contribution in [0.5, 0.6) is 0 Å². The molecule has 8 nitrogen and oxygen atoms in total. The first-order chi connectivity index (χ1) is 13.5. The Balaban J connectivity index is 1.82. The summed E-state index contributed by atoms with van der Waals surface area (Å²) >= 11 is 3.49. The van der Waals surface area contributed by atoms with Crippen molar-refractivity contribution in [3.8, 4) is 0 Å². The van der Waals surface area contributed by atoms with Crippen LogP contribution in [0.15, 0.2) is 39.1 Å². The number of benzene rings is 1. The average molecular weight is 437 g/mol. The SMILES string of the molecule is CCOC(=O)C(C)O/N=C(\C(=O)Sc1nc2ccccc2s1)c1csc(N)n1. The number of rotatable bonds is 7. The molecular formula is C17H16N4O4S3. The van der Waals surface area contributed by atoms with Crippen LogP contribution in [0.1, 0.15) is 19.5 Å². The maximum absolute atomic E-state index is 12.8. The highest BCUT2D eigenvalue weighted by atomic mass is 32.2. The molecule has 0 saturated heterocycles. The van der Waals surface area contributed by atoms with Crippen molar-refractivity contribution < 1.29 is 19.2 Å². The molecule has 0 saturated carbocycles. The Labute approximate surface area is 172 Å². The van der Waals surface area contributed by atoms with Gasteiger partial charge in [0.1, 0.15) is 5.69 Å². The molecule has 3 rings (SSSR count). The number of nitrogens with zero attached hydrogens (tertiary/aromatic N) is 3. The number of hydrogen-bond acceptors (Lipinski definition) is 11. The first-order valence-corrected chi connectivity index (χ1v) is 10.7. The lowest BCUT2D eigenvalue weighted by Crippen LogP contribution is -2.23. The molecule has 2 aromatic heterocycles. The third-order valence-corrected chi connectivity index (χ3v) is 5.98. The number of fused-ring (bicyclic) bond motifs is 1. The van der Waals surface area contributed by atoms with Gasteiger partial charge in [0.25, 0.3) is 0 Å². The first kappa shape index (κ1) is 20.2. The number of carbonyl (C=O) groups is 2. The number of aromatic nitrogens is 2. The molecule has 0 radical (unpaired) electrons. The highest BCUT2D eigenvalue weighted by molar-refractivity contribution is 8.16. The predicted molar refractivity (Wildman–Crippen MR) is 111 cm³/mol. The van der Waals surface area contributed by atoms with Crippen LogP contribution in [0.4, 0.5) is 5.13 Å². The Hall–Kier alpha value is -2.50. The molecule has 0 spiro atoms. The normalized spacial score (nSPS) is 12.7. The van der Waals surface area contributed by atoms with E-state index in [1.165, 1.54) is 29.6 Å². The molecular weight excluding hydrogens is 420 g/mol. The summed E-state index contributed by atoms with van der Waals surface area (Å²) in [6.07, 6.45) is -0.966. The number of ether oxygens (including phenoxy) is 1. The number of nitrogens with two attached hydrogens (primary N) is 1. The van der Waals surface area contributed by atoms with Crippen LogP contribution in [0.3, 0.4) is 0 Å². The number of thiazole rings is 2. The van der Waals surface area contributed by atoms with E-state index < -0.39 is 17.2 Å². The van der Waals surface area contributed by atoms with Crippen molar-refractivity contribution in [2.75, 3.05) is 12.3 Å². The van der Waals surface area contributed by atoms with E-state index in [-0.39, 0.29) is 18.0 Å². The summed E-state index contributed by atoms with van der Waals surface area (Å²) < 4.78 is 6.41. The summed E-state index contributed by atoms with van der Waals surface area (Å²) in [5.41, 5.74) is 6.71. The Kier molecular flexibility index (Phi) is 6.60. The molecule has 0 fully saturated rings. The van der Waals surface area contributed by atoms with E-state index in [1.807, 2.05) is 24.3 Å². The molecule has 0 aliphatic carbocycles. The summed E-state index contributed by atoms with van der Waals surface area (Å²) in [5.74, 6) is -0.574. The number of anilines is 1. The number of para-hydroxylation sites is 1. The minimum absolute atomic E-state index is 0.0478. The Morgan fingerprint density at radius 3 is 2.79 bits per heavy atom. The summed E-state index contributed by atoms with van der Waals surface area (Å²) in [6.45, 7) is 3.40. The van der Waals surface area contributed by atoms with Crippen molar-refractivity contribution in [2.24, 2.45) is 5.16 Å². The highest BCUT2D eigenvalue weighted by Crippen LogP contribution is 2.30. The smallest absolute Gasteiger partial charge is 0.349 e. The van der Waals surface area contributed by atoms with Gasteiger partial charge >= 0.3 is 5.97 Å². The van der Waals surface area contributed by atoms with E-state index in [2.05, 4.69) is 15.1 Å². The lowest BCUT2D eigenvalue weighted by Gasteiger charge is -2.09. The summed E-state index contributed by atoms with van der Waals surface area (Å²) in [4.78, 5) is 38.3. The van der Waals surface area contributed by atoms with Gasteiger partial charge in [0.15, 0.2) is 15.2 Å². The molecule has 0 aliphatic rings. The zero-order valence-corrected chi connectivity index (χ0v) is 17.4. The van der Waals surface area contributed by atoms with Gasteiger partial charge in [-0.1, -0.05) is 17.3 Å². The number of oxime groups is 1. The van der Waals surface area contributed by atoms with Gasteiger partial charge in [0.2, 0.25) is 11.2 Å². The van der Waals surface area contributed by atoms with Crippen LogP contribution in [-0.4, -0.2) is 39.5 Å². The molecule has 0 aliphatic heterocycles. The number of esters is 1. The van der Waals surface area contributed by atoms with Crippen LogP contribution < -0.4 is 5.73 Å². The third kappa shape index (κ3) is 4.86. The predicted octanol–water partition coefficient (Wildman–Crippen LogP) is 3.33. The highest BCUT2D eigenvalue weighted by Gasteiger charge is 2.23. The van der Waals surface area contributed by atoms with Crippen molar-refractivity contribution in [3.05, 3.63) is 35.3 Å². The number of hydrogen-bond donors (Lipinski definition) is 1. The van der Waals surface area contributed by atoms with Gasteiger partial charge in [-0.05, 0) is 37.7 Å². The van der Waals surface area contributed by atoms with Crippen molar-refractivity contribution in [1.29, 1.82) is 0 Å². The molecule has 1 atom stereocenters.